The number of H-pyrrole nitrogens is 1. The van der Waals surface area contributed by atoms with Crippen LogP contribution in [-0.4, -0.2) is 41.2 Å². The van der Waals surface area contributed by atoms with Crippen LogP contribution in [-0.2, 0) is 19.9 Å². The molecule has 0 bridgehead atoms. The molecule has 1 aromatic heterocycles. The Labute approximate surface area is 126 Å². The number of aromatic amines is 1. The number of ether oxygens (including phenoxy) is 1. The van der Waals surface area contributed by atoms with Gasteiger partial charge in [0.2, 0.25) is 5.91 Å². The molecule has 22 heavy (non-hydrogen) atoms. The third-order valence-corrected chi connectivity index (χ3v) is 4.69. The maximum Gasteiger partial charge on any atom is 0.338 e. The van der Waals surface area contributed by atoms with Crippen molar-refractivity contribution >= 4 is 28.6 Å². The molecule has 1 amide bonds. The summed E-state index contributed by atoms with van der Waals surface area (Å²) in [6.45, 7) is -0.0806. The van der Waals surface area contributed by atoms with Crippen LogP contribution in [0.15, 0.2) is 24.3 Å². The van der Waals surface area contributed by atoms with Crippen LogP contribution in [0, 0.1) is 0 Å². The average Bonchev–Trinajstić information content (AvgIpc) is 3.07. The predicted octanol–water partition coefficient (Wildman–Crippen LogP) is 1.35. The molecule has 1 unspecified atom stereocenters. The molecule has 0 radical (unpaired) electrons. The van der Waals surface area contributed by atoms with E-state index < -0.39 is 11.5 Å². The van der Waals surface area contributed by atoms with Gasteiger partial charge in [0, 0.05) is 17.3 Å². The van der Waals surface area contributed by atoms with Crippen LogP contribution in [0.3, 0.4) is 0 Å². The number of ketones is 1. The summed E-state index contributed by atoms with van der Waals surface area (Å²) in [6.07, 6.45) is 0.558. The Kier molecular flexibility index (Phi) is 2.49. The number of amides is 1. The quantitative estimate of drug-likeness (QED) is 0.806. The van der Waals surface area contributed by atoms with Gasteiger partial charge in [-0.15, -0.1) is 0 Å². The molecule has 6 nitrogen and oxygen atoms in total. The van der Waals surface area contributed by atoms with Crippen LogP contribution >= 0.6 is 0 Å². The molecule has 1 N–H and O–H groups in total. The van der Waals surface area contributed by atoms with Crippen LogP contribution in [0.25, 0.3) is 10.9 Å². The summed E-state index contributed by atoms with van der Waals surface area (Å²) in [5.74, 6) is -0.844. The normalized spacial score (nSPS) is 23.6. The molecule has 1 aromatic carbocycles. The van der Waals surface area contributed by atoms with E-state index in [2.05, 4.69) is 4.98 Å². The molecule has 1 atom stereocenters. The second-order valence-electron chi connectivity index (χ2n) is 5.68. The van der Waals surface area contributed by atoms with Gasteiger partial charge in [0.15, 0.2) is 11.3 Å². The number of hydrogen-bond donors (Lipinski definition) is 1. The third kappa shape index (κ3) is 1.37. The lowest BCUT2D eigenvalue weighted by Crippen LogP contribution is -2.55. The number of hydrogen-bond acceptors (Lipinski definition) is 4. The molecule has 0 saturated carbocycles. The number of para-hydroxylation sites is 1. The summed E-state index contributed by atoms with van der Waals surface area (Å²) in [7, 11) is 1.30. The molecule has 6 heteroatoms. The van der Waals surface area contributed by atoms with E-state index in [-0.39, 0.29) is 24.7 Å². The highest BCUT2D eigenvalue weighted by atomic mass is 16.5. The third-order valence-electron chi connectivity index (χ3n) is 4.69. The van der Waals surface area contributed by atoms with Crippen molar-refractivity contribution in [2.24, 2.45) is 0 Å². The van der Waals surface area contributed by atoms with Crippen molar-refractivity contribution in [1.82, 2.24) is 9.88 Å². The largest absolute Gasteiger partial charge is 0.467 e. The van der Waals surface area contributed by atoms with Gasteiger partial charge in [-0.05, 0) is 12.5 Å². The Balaban J connectivity index is 2.08. The molecule has 2 aliphatic rings. The van der Waals surface area contributed by atoms with Gasteiger partial charge < -0.3 is 14.6 Å². The van der Waals surface area contributed by atoms with Gasteiger partial charge >= 0.3 is 5.97 Å². The summed E-state index contributed by atoms with van der Waals surface area (Å²) in [6, 6.07) is 7.41. The van der Waals surface area contributed by atoms with Gasteiger partial charge in [-0.1, -0.05) is 18.2 Å². The van der Waals surface area contributed by atoms with Crippen LogP contribution < -0.4 is 0 Å². The number of carbonyl (C=O) groups excluding carboxylic acids is 3. The zero-order valence-corrected chi connectivity index (χ0v) is 12.0. The fourth-order valence-corrected chi connectivity index (χ4v) is 3.70. The Morgan fingerprint density at radius 2 is 2.09 bits per heavy atom. The minimum absolute atomic E-state index is 0.0806. The number of methoxy groups -OCH3 is 1. The van der Waals surface area contributed by atoms with Crippen molar-refractivity contribution in [1.29, 1.82) is 0 Å². The van der Waals surface area contributed by atoms with E-state index in [1.54, 1.807) is 0 Å². The van der Waals surface area contributed by atoms with E-state index in [0.29, 0.717) is 17.7 Å². The summed E-state index contributed by atoms with van der Waals surface area (Å²) in [5, 5.41) is 0.782. The van der Waals surface area contributed by atoms with E-state index in [1.165, 1.54) is 12.0 Å². The minimum Gasteiger partial charge on any atom is -0.467 e. The Hall–Kier alpha value is -2.63. The average molecular weight is 298 g/mol. The van der Waals surface area contributed by atoms with E-state index in [9.17, 15) is 14.4 Å². The van der Waals surface area contributed by atoms with Crippen molar-refractivity contribution in [2.75, 3.05) is 13.7 Å². The number of nitrogens with one attached hydrogen (secondary N) is 1. The molecule has 0 spiro atoms. The Bertz CT molecular complexity index is 838. The van der Waals surface area contributed by atoms with Gasteiger partial charge in [0.25, 0.3) is 0 Å². The second-order valence-corrected chi connectivity index (χ2v) is 5.68. The van der Waals surface area contributed by atoms with Gasteiger partial charge in [0.1, 0.15) is 0 Å². The highest BCUT2D eigenvalue weighted by Gasteiger charge is 2.59. The van der Waals surface area contributed by atoms with Crippen molar-refractivity contribution in [3.63, 3.8) is 0 Å². The van der Waals surface area contributed by atoms with Gasteiger partial charge in [-0.25, -0.2) is 4.79 Å². The first-order chi connectivity index (χ1) is 10.6. The Morgan fingerprint density at radius 1 is 1.32 bits per heavy atom. The van der Waals surface area contributed by atoms with E-state index in [1.807, 2.05) is 24.3 Å². The molecule has 112 valence electrons. The van der Waals surface area contributed by atoms with Crippen molar-refractivity contribution in [2.45, 2.75) is 18.4 Å². The Morgan fingerprint density at radius 3 is 2.86 bits per heavy atom. The molecule has 1 saturated heterocycles. The van der Waals surface area contributed by atoms with E-state index in [0.717, 1.165) is 10.9 Å². The molecule has 4 rings (SSSR count). The van der Waals surface area contributed by atoms with Crippen LogP contribution in [0.5, 0.6) is 0 Å². The molecule has 2 aromatic rings. The standard InChI is InChI=1S/C16H14N2O4/c1-22-15(21)16-7-6-12(20)18(16)8-11(19)13-9-4-2-3-5-10(9)17-14(13)16/h2-5,17H,6-8H2,1H3. The lowest BCUT2D eigenvalue weighted by Gasteiger charge is -2.38. The summed E-state index contributed by atoms with van der Waals surface area (Å²) < 4.78 is 4.97. The molecule has 2 aliphatic heterocycles. The number of nitrogens with zero attached hydrogens (tertiary/aromatic N) is 1. The second kappa shape index (κ2) is 4.19. The lowest BCUT2D eigenvalue weighted by molar-refractivity contribution is -0.158. The number of esters is 1. The highest BCUT2D eigenvalue weighted by Crippen LogP contribution is 2.46. The van der Waals surface area contributed by atoms with Crippen molar-refractivity contribution in [3.05, 3.63) is 35.5 Å². The maximum absolute atomic E-state index is 12.5. The molecular formula is C16H14N2O4. The fraction of sp³-hybridized carbons (Fsp3) is 0.312. The van der Waals surface area contributed by atoms with Crippen LogP contribution in [0.1, 0.15) is 28.9 Å². The smallest absolute Gasteiger partial charge is 0.338 e. The molecule has 0 aliphatic carbocycles. The summed E-state index contributed by atoms with van der Waals surface area (Å²) >= 11 is 0. The predicted molar refractivity (Wildman–Crippen MR) is 77.3 cm³/mol. The van der Waals surface area contributed by atoms with Gasteiger partial charge in [-0.3, -0.25) is 9.59 Å². The molecule has 3 heterocycles. The number of benzene rings is 1. The van der Waals surface area contributed by atoms with Gasteiger partial charge in [0.05, 0.1) is 24.9 Å². The zero-order valence-electron chi connectivity index (χ0n) is 12.0. The SMILES string of the molecule is COC(=O)C12CCC(=O)N1CC(=O)c1c2[nH]c2ccccc12. The maximum atomic E-state index is 12.5. The number of rotatable bonds is 1. The number of fused-ring (bicyclic) bond motifs is 5. The summed E-state index contributed by atoms with van der Waals surface area (Å²) in [5.41, 5.74) is 0.577. The highest BCUT2D eigenvalue weighted by molar-refractivity contribution is 6.15. The van der Waals surface area contributed by atoms with Crippen LogP contribution in [0.4, 0.5) is 0 Å². The monoisotopic (exact) mass is 298 g/mol. The minimum atomic E-state index is -1.20. The topological polar surface area (TPSA) is 79.5 Å². The van der Waals surface area contributed by atoms with Crippen molar-refractivity contribution < 1.29 is 19.1 Å². The van der Waals surface area contributed by atoms with Crippen molar-refractivity contribution in [3.8, 4) is 0 Å². The number of Topliss-reactive ketones (excluding diaryl/α,β-unsaturated/α-hetero) is 1. The molecule has 1 fully saturated rings. The lowest BCUT2D eigenvalue weighted by atomic mass is 9.84. The number of carbonyl (C=O) groups is 3. The number of aromatic nitrogens is 1. The van der Waals surface area contributed by atoms with E-state index >= 15 is 0 Å². The molecular weight excluding hydrogens is 284 g/mol. The van der Waals surface area contributed by atoms with Gasteiger partial charge in [-0.2, -0.15) is 0 Å². The first kappa shape index (κ1) is 13.1. The first-order valence-electron chi connectivity index (χ1n) is 7.13. The zero-order chi connectivity index (χ0) is 15.5. The van der Waals surface area contributed by atoms with E-state index in [4.69, 9.17) is 4.74 Å². The van der Waals surface area contributed by atoms with Crippen LogP contribution in [0.2, 0.25) is 0 Å². The fourth-order valence-electron chi connectivity index (χ4n) is 3.70. The first-order valence-corrected chi connectivity index (χ1v) is 7.13. The summed E-state index contributed by atoms with van der Waals surface area (Å²) in [4.78, 5) is 41.7.